The molecule has 5 aliphatic rings. The van der Waals surface area contributed by atoms with Gasteiger partial charge in [-0.3, -0.25) is 0 Å². The zero-order chi connectivity index (χ0) is 21.5. The molecule has 1 aliphatic heterocycles. The first-order chi connectivity index (χ1) is 15.0. The van der Waals surface area contributed by atoms with Gasteiger partial charge in [0.25, 0.3) is 0 Å². The molecule has 0 aromatic carbocycles. The van der Waals surface area contributed by atoms with Crippen molar-refractivity contribution in [2.75, 3.05) is 19.6 Å². The summed E-state index contributed by atoms with van der Waals surface area (Å²) in [7, 11) is 0. The number of aliphatic hydroxyl groups is 1. The van der Waals surface area contributed by atoms with Crippen molar-refractivity contribution in [2.24, 2.45) is 40.4 Å². The fourth-order valence-corrected chi connectivity index (χ4v) is 9.71. The molecule has 1 heterocycles. The molecule has 5 fully saturated rings. The second kappa shape index (κ2) is 9.28. The van der Waals surface area contributed by atoms with Gasteiger partial charge in [-0.05, 0) is 137 Å². The quantitative estimate of drug-likeness (QED) is 0.438. The minimum Gasteiger partial charge on any atom is -0.393 e. The van der Waals surface area contributed by atoms with Gasteiger partial charge in [-0.15, -0.1) is 0 Å². The minimum absolute atomic E-state index is 0.0185. The topological polar surface area (TPSA) is 23.5 Å². The van der Waals surface area contributed by atoms with E-state index in [9.17, 15) is 5.11 Å². The van der Waals surface area contributed by atoms with Crippen LogP contribution in [0.25, 0.3) is 0 Å². The first-order valence-electron chi connectivity index (χ1n) is 14.4. The average molecular weight is 430 g/mol. The third-order valence-corrected chi connectivity index (χ3v) is 11.8. The Morgan fingerprint density at radius 1 is 0.774 bits per heavy atom. The largest absolute Gasteiger partial charge is 0.393 e. The van der Waals surface area contributed by atoms with Crippen molar-refractivity contribution < 1.29 is 5.11 Å². The number of hydrogen-bond acceptors (Lipinski definition) is 2. The van der Waals surface area contributed by atoms with Crippen LogP contribution in [0, 0.1) is 40.4 Å². The van der Waals surface area contributed by atoms with E-state index in [0.29, 0.717) is 5.41 Å². The summed E-state index contributed by atoms with van der Waals surface area (Å²) in [4.78, 5) is 2.68. The minimum atomic E-state index is -0.0185. The third-order valence-electron chi connectivity index (χ3n) is 11.8. The van der Waals surface area contributed by atoms with Gasteiger partial charge in [-0.25, -0.2) is 0 Å². The first-order valence-corrected chi connectivity index (χ1v) is 14.4. The van der Waals surface area contributed by atoms with Crippen LogP contribution in [0.4, 0.5) is 0 Å². The van der Waals surface area contributed by atoms with Crippen LogP contribution in [0.15, 0.2) is 0 Å². The Kier molecular flexibility index (Phi) is 6.80. The molecule has 1 N–H and O–H groups in total. The zero-order valence-corrected chi connectivity index (χ0v) is 20.8. The fraction of sp³-hybridized carbons (Fsp3) is 1.00. The van der Waals surface area contributed by atoms with Crippen molar-refractivity contribution in [3.05, 3.63) is 0 Å². The average Bonchev–Trinajstić information content (AvgIpc) is 3.38. The maximum absolute atomic E-state index is 10.7. The third kappa shape index (κ3) is 4.27. The van der Waals surface area contributed by atoms with Gasteiger partial charge in [-0.1, -0.05) is 39.5 Å². The second-order valence-corrected chi connectivity index (χ2v) is 13.2. The molecule has 2 nitrogen and oxygen atoms in total. The van der Waals surface area contributed by atoms with Crippen molar-refractivity contribution in [1.82, 2.24) is 4.90 Å². The Bertz CT molecular complexity index is 600. The summed E-state index contributed by atoms with van der Waals surface area (Å²) in [6, 6.07) is 0. The molecular weight excluding hydrogens is 378 g/mol. The van der Waals surface area contributed by atoms with E-state index in [1.165, 1.54) is 116 Å². The van der Waals surface area contributed by atoms with Crippen molar-refractivity contribution in [3.8, 4) is 0 Å². The van der Waals surface area contributed by atoms with Crippen LogP contribution < -0.4 is 0 Å². The van der Waals surface area contributed by atoms with Crippen molar-refractivity contribution in [3.63, 3.8) is 0 Å². The van der Waals surface area contributed by atoms with Gasteiger partial charge in [0.1, 0.15) is 0 Å². The summed E-state index contributed by atoms with van der Waals surface area (Å²) in [5, 5.41) is 10.7. The summed E-state index contributed by atoms with van der Waals surface area (Å²) in [6.07, 6.45) is 22.8. The van der Waals surface area contributed by atoms with E-state index < -0.39 is 0 Å². The lowest BCUT2D eigenvalue weighted by Crippen LogP contribution is -2.54. The Labute approximate surface area is 192 Å². The predicted molar refractivity (Wildman–Crippen MR) is 130 cm³/mol. The lowest BCUT2D eigenvalue weighted by atomic mass is 9.44. The summed E-state index contributed by atoms with van der Waals surface area (Å²) in [5.74, 6) is 4.72. The van der Waals surface area contributed by atoms with Crippen LogP contribution in [0.2, 0.25) is 0 Å². The normalized spacial score (nSPS) is 47.7. The molecule has 178 valence electrons. The van der Waals surface area contributed by atoms with Gasteiger partial charge in [0, 0.05) is 0 Å². The van der Waals surface area contributed by atoms with E-state index in [1.807, 2.05) is 0 Å². The highest BCUT2D eigenvalue weighted by Crippen LogP contribution is 2.66. The van der Waals surface area contributed by atoms with Gasteiger partial charge >= 0.3 is 0 Å². The number of hydrogen-bond donors (Lipinski definition) is 1. The number of likely N-dealkylation sites (tertiary alicyclic amines) is 1. The predicted octanol–water partition coefficient (Wildman–Crippen LogP) is 7.05. The highest BCUT2D eigenvalue weighted by molar-refractivity contribution is 5.09. The maximum Gasteiger partial charge on any atom is 0.0596 e. The van der Waals surface area contributed by atoms with Crippen molar-refractivity contribution >= 4 is 0 Å². The summed E-state index contributed by atoms with van der Waals surface area (Å²) in [6.45, 7) is 9.23. The van der Waals surface area contributed by atoms with Gasteiger partial charge in [0.2, 0.25) is 0 Å². The molecule has 0 aromatic rings. The zero-order valence-electron chi connectivity index (χ0n) is 20.8. The van der Waals surface area contributed by atoms with Crippen LogP contribution in [0.1, 0.15) is 117 Å². The summed E-state index contributed by atoms with van der Waals surface area (Å²) < 4.78 is 0. The lowest BCUT2D eigenvalue weighted by molar-refractivity contribution is -0.127. The van der Waals surface area contributed by atoms with E-state index in [1.54, 1.807) is 0 Å². The van der Waals surface area contributed by atoms with Crippen molar-refractivity contribution in [2.45, 2.75) is 123 Å². The smallest absolute Gasteiger partial charge is 0.0596 e. The Morgan fingerprint density at radius 2 is 1.52 bits per heavy atom. The molecule has 0 amide bonds. The Balaban J connectivity index is 1.08. The first kappa shape index (κ1) is 22.7. The number of fused-ring (bicyclic) bond motifs is 5. The Morgan fingerprint density at radius 3 is 2.35 bits per heavy atom. The number of aliphatic hydroxyl groups excluding tert-OH is 1. The molecule has 0 aromatic heterocycles. The van der Waals surface area contributed by atoms with E-state index in [0.717, 1.165) is 36.0 Å². The van der Waals surface area contributed by atoms with Gasteiger partial charge in [0.15, 0.2) is 0 Å². The van der Waals surface area contributed by atoms with Crippen LogP contribution in [0.3, 0.4) is 0 Å². The van der Waals surface area contributed by atoms with E-state index in [-0.39, 0.29) is 11.5 Å². The Hall–Kier alpha value is -0.0800. The van der Waals surface area contributed by atoms with Crippen LogP contribution in [-0.2, 0) is 0 Å². The molecule has 8 unspecified atom stereocenters. The van der Waals surface area contributed by atoms with Crippen LogP contribution >= 0.6 is 0 Å². The van der Waals surface area contributed by atoms with E-state index >= 15 is 0 Å². The number of nitrogens with zero attached hydrogens (tertiary/aromatic N) is 1. The number of unbranched alkanes of at least 4 members (excludes halogenated alkanes) is 3. The monoisotopic (exact) mass is 429 g/mol. The van der Waals surface area contributed by atoms with E-state index in [4.69, 9.17) is 0 Å². The SMILES string of the molecule is CC12CCC3C(CCC4CC(CCCCCCN5CCCC5)CCC43C)C1CCC2O. The van der Waals surface area contributed by atoms with Gasteiger partial charge < -0.3 is 10.0 Å². The molecule has 31 heavy (non-hydrogen) atoms. The molecule has 5 rings (SSSR count). The molecule has 2 heteroatoms. The fourth-order valence-electron chi connectivity index (χ4n) is 9.71. The highest BCUT2D eigenvalue weighted by atomic mass is 16.3. The molecule has 4 saturated carbocycles. The second-order valence-electron chi connectivity index (χ2n) is 13.2. The highest BCUT2D eigenvalue weighted by Gasteiger charge is 2.59. The van der Waals surface area contributed by atoms with Gasteiger partial charge in [-0.2, -0.15) is 0 Å². The summed E-state index contributed by atoms with van der Waals surface area (Å²) >= 11 is 0. The lowest BCUT2D eigenvalue weighted by Gasteiger charge is -2.61. The van der Waals surface area contributed by atoms with Crippen LogP contribution in [0.5, 0.6) is 0 Å². The molecule has 8 atom stereocenters. The maximum atomic E-state index is 10.7. The van der Waals surface area contributed by atoms with E-state index in [2.05, 4.69) is 18.7 Å². The molecule has 1 saturated heterocycles. The standard InChI is InChI=1S/C29H51NO/c1-28-16-14-22(9-5-3-4-6-18-30-19-7-8-20-30)21-23(28)10-11-24-25-12-13-27(31)29(25,2)17-15-26(24)28/h22-27,31H,3-21H2,1-2H3. The molecule has 0 spiro atoms. The van der Waals surface area contributed by atoms with Gasteiger partial charge in [0.05, 0.1) is 6.10 Å². The molecule has 0 radical (unpaired) electrons. The molecular formula is C29H51NO. The molecule has 4 aliphatic carbocycles. The van der Waals surface area contributed by atoms with Crippen LogP contribution in [-0.4, -0.2) is 35.7 Å². The number of rotatable bonds is 7. The molecule has 0 bridgehead atoms. The van der Waals surface area contributed by atoms with Crippen molar-refractivity contribution in [1.29, 1.82) is 0 Å². The summed E-state index contributed by atoms with van der Waals surface area (Å²) in [5.41, 5.74) is 0.861.